The monoisotopic (exact) mass is 488 g/mol. The van der Waals surface area contributed by atoms with Gasteiger partial charge in [0.05, 0.1) is 7.11 Å². The molecule has 1 aliphatic heterocycles. The number of rotatable bonds is 8. The molecule has 152 valence electrons. The van der Waals surface area contributed by atoms with Crippen LogP contribution in [0.2, 0.25) is 0 Å². The molecule has 1 aromatic carbocycles. The number of amides is 1. The zero-order valence-corrected chi connectivity index (χ0v) is 19.2. The van der Waals surface area contributed by atoms with E-state index in [4.69, 9.17) is 4.74 Å². The third kappa shape index (κ3) is 6.55. The van der Waals surface area contributed by atoms with Gasteiger partial charge in [0.25, 0.3) is 0 Å². The van der Waals surface area contributed by atoms with Crippen molar-refractivity contribution in [2.45, 2.75) is 45.2 Å². The van der Waals surface area contributed by atoms with E-state index in [0.717, 1.165) is 49.6 Å². The highest BCUT2D eigenvalue weighted by Gasteiger charge is 2.26. The van der Waals surface area contributed by atoms with E-state index in [1.165, 1.54) is 0 Å². The highest BCUT2D eigenvalue weighted by molar-refractivity contribution is 14.0. The number of nitrogens with zero attached hydrogens (tertiary/aromatic N) is 3. The number of carbonyl (C=O) groups excluding carboxylic acids is 1. The van der Waals surface area contributed by atoms with Crippen molar-refractivity contribution in [3.8, 4) is 5.75 Å². The molecule has 0 aliphatic carbocycles. The van der Waals surface area contributed by atoms with Gasteiger partial charge < -0.3 is 19.9 Å². The molecule has 27 heavy (non-hydrogen) atoms. The van der Waals surface area contributed by atoms with E-state index in [1.807, 2.05) is 30.1 Å². The molecule has 0 spiro atoms. The summed E-state index contributed by atoms with van der Waals surface area (Å²) < 4.78 is 5.43. The molecular formula is C20H33IN4O2. The molecule has 7 heteroatoms. The van der Waals surface area contributed by atoms with Gasteiger partial charge in [0.2, 0.25) is 5.91 Å². The molecule has 0 saturated carbocycles. The minimum Gasteiger partial charge on any atom is -0.496 e. The summed E-state index contributed by atoms with van der Waals surface area (Å²) in [5.41, 5.74) is 1.12. The number of methoxy groups -OCH3 is 1. The molecule has 2 rings (SSSR count). The van der Waals surface area contributed by atoms with Crippen LogP contribution >= 0.6 is 24.0 Å². The summed E-state index contributed by atoms with van der Waals surface area (Å²) in [6.45, 7) is 4.56. The summed E-state index contributed by atoms with van der Waals surface area (Å²) in [5, 5.41) is 3.43. The van der Waals surface area contributed by atoms with Gasteiger partial charge in [0.1, 0.15) is 5.75 Å². The zero-order valence-electron chi connectivity index (χ0n) is 16.9. The van der Waals surface area contributed by atoms with Crippen molar-refractivity contribution in [3.05, 3.63) is 29.8 Å². The summed E-state index contributed by atoms with van der Waals surface area (Å²) in [7, 11) is 5.50. The number of likely N-dealkylation sites (tertiary alicyclic amines) is 1. The number of halogens is 1. The molecule has 0 bridgehead atoms. The lowest BCUT2D eigenvalue weighted by molar-refractivity contribution is -0.129. The van der Waals surface area contributed by atoms with Crippen molar-refractivity contribution >= 4 is 35.8 Å². The van der Waals surface area contributed by atoms with Crippen molar-refractivity contribution in [1.82, 2.24) is 15.1 Å². The molecule has 0 radical (unpaired) electrons. The number of hydrogen-bond acceptors (Lipinski definition) is 3. The number of hydrogen-bond donors (Lipinski definition) is 1. The van der Waals surface area contributed by atoms with E-state index in [0.29, 0.717) is 24.9 Å². The molecule has 1 N–H and O–H groups in total. The van der Waals surface area contributed by atoms with Gasteiger partial charge >= 0.3 is 0 Å². The number of para-hydroxylation sites is 1. The fraction of sp³-hybridized carbons (Fsp3) is 0.600. The normalized spacial score (nSPS) is 15.3. The van der Waals surface area contributed by atoms with Gasteiger partial charge in [-0.1, -0.05) is 25.1 Å². The molecule has 1 aromatic rings. The maximum atomic E-state index is 12.0. The quantitative estimate of drug-likeness (QED) is 0.347. The van der Waals surface area contributed by atoms with E-state index in [9.17, 15) is 4.79 Å². The van der Waals surface area contributed by atoms with Crippen molar-refractivity contribution < 1.29 is 9.53 Å². The molecule has 1 amide bonds. The summed E-state index contributed by atoms with van der Waals surface area (Å²) in [5.74, 6) is 2.03. The lowest BCUT2D eigenvalue weighted by atomic mass is 10.1. The molecule has 6 nitrogen and oxygen atoms in total. The molecule has 1 saturated heterocycles. The van der Waals surface area contributed by atoms with E-state index < -0.39 is 0 Å². The first-order chi connectivity index (χ1) is 12.6. The number of ether oxygens (including phenoxy) is 1. The Labute approximate surface area is 180 Å². The fourth-order valence-electron chi connectivity index (χ4n) is 3.53. The number of guanidine groups is 1. The second-order valence-electron chi connectivity index (χ2n) is 6.68. The van der Waals surface area contributed by atoms with Crippen LogP contribution in [-0.2, 0) is 11.3 Å². The Morgan fingerprint density at radius 3 is 2.74 bits per heavy atom. The molecule has 1 aliphatic rings. The van der Waals surface area contributed by atoms with Gasteiger partial charge in [0.15, 0.2) is 5.96 Å². The van der Waals surface area contributed by atoms with Crippen LogP contribution in [0.25, 0.3) is 0 Å². The maximum Gasteiger partial charge on any atom is 0.222 e. The molecular weight excluding hydrogens is 455 g/mol. The Morgan fingerprint density at radius 2 is 2.15 bits per heavy atom. The number of carbonyl (C=O) groups is 1. The van der Waals surface area contributed by atoms with Gasteiger partial charge in [-0.15, -0.1) is 24.0 Å². The topological polar surface area (TPSA) is 57.2 Å². The van der Waals surface area contributed by atoms with Crippen molar-refractivity contribution in [3.63, 3.8) is 0 Å². The van der Waals surface area contributed by atoms with Crippen LogP contribution in [0.15, 0.2) is 29.3 Å². The first kappa shape index (κ1) is 23.5. The minimum absolute atomic E-state index is 0. The van der Waals surface area contributed by atoms with Gasteiger partial charge in [0, 0.05) is 51.8 Å². The second-order valence-corrected chi connectivity index (χ2v) is 6.68. The Hall–Kier alpha value is -1.51. The lowest BCUT2D eigenvalue weighted by Crippen LogP contribution is -2.42. The van der Waals surface area contributed by atoms with Crippen LogP contribution in [-0.4, -0.2) is 62.0 Å². The van der Waals surface area contributed by atoms with E-state index in [1.54, 1.807) is 14.2 Å². The molecule has 1 unspecified atom stereocenters. The highest BCUT2D eigenvalue weighted by atomic mass is 127. The second kappa shape index (κ2) is 12.0. The molecule has 1 atom stereocenters. The first-order valence-electron chi connectivity index (χ1n) is 9.43. The summed E-state index contributed by atoms with van der Waals surface area (Å²) in [4.78, 5) is 20.5. The summed E-state index contributed by atoms with van der Waals surface area (Å²) >= 11 is 0. The predicted octanol–water partition coefficient (Wildman–Crippen LogP) is 3.11. The fourth-order valence-corrected chi connectivity index (χ4v) is 3.53. The number of benzene rings is 1. The van der Waals surface area contributed by atoms with Crippen molar-refractivity contribution in [1.29, 1.82) is 0 Å². The van der Waals surface area contributed by atoms with Crippen LogP contribution in [0.1, 0.15) is 38.2 Å². The number of nitrogens with one attached hydrogen (secondary N) is 1. The Bertz CT molecular complexity index is 624. The maximum absolute atomic E-state index is 12.0. The Kier molecular flexibility index (Phi) is 10.5. The van der Waals surface area contributed by atoms with Crippen LogP contribution in [0.3, 0.4) is 0 Å². The van der Waals surface area contributed by atoms with Crippen molar-refractivity contribution in [2.75, 3.05) is 34.3 Å². The third-order valence-electron chi connectivity index (χ3n) is 4.96. The molecule has 1 heterocycles. The average molecular weight is 488 g/mol. The minimum atomic E-state index is 0. The summed E-state index contributed by atoms with van der Waals surface area (Å²) in [6, 6.07) is 8.34. The lowest BCUT2D eigenvalue weighted by Gasteiger charge is -2.28. The zero-order chi connectivity index (χ0) is 18.9. The Morgan fingerprint density at radius 1 is 1.41 bits per heavy atom. The van der Waals surface area contributed by atoms with E-state index in [2.05, 4.69) is 28.2 Å². The molecule has 1 fully saturated rings. The summed E-state index contributed by atoms with van der Waals surface area (Å²) in [6.07, 6.45) is 3.62. The smallest absolute Gasteiger partial charge is 0.222 e. The standard InChI is InChI=1S/C20H32N4O2.HI/c1-5-17(24-14-8-11-19(24)25)12-13-22-20(21-2)23(3)15-16-9-6-7-10-18(16)26-4;/h6-7,9-10,17H,5,8,11-15H2,1-4H3,(H,21,22);1H. The van der Waals surface area contributed by atoms with Gasteiger partial charge in [-0.25, -0.2) is 0 Å². The van der Waals surface area contributed by atoms with Gasteiger partial charge in [-0.2, -0.15) is 0 Å². The largest absolute Gasteiger partial charge is 0.496 e. The SMILES string of the molecule is CCC(CCNC(=NC)N(C)Cc1ccccc1OC)N1CCCC1=O.I. The van der Waals surface area contributed by atoms with E-state index in [-0.39, 0.29) is 24.0 Å². The van der Waals surface area contributed by atoms with Gasteiger partial charge in [-0.05, 0) is 25.3 Å². The number of aliphatic imine (C=N–C) groups is 1. The van der Waals surface area contributed by atoms with Crippen LogP contribution in [0.5, 0.6) is 5.75 Å². The Balaban J connectivity index is 0.00000364. The third-order valence-corrected chi connectivity index (χ3v) is 4.96. The van der Waals surface area contributed by atoms with Crippen molar-refractivity contribution in [2.24, 2.45) is 4.99 Å². The first-order valence-corrected chi connectivity index (χ1v) is 9.43. The van der Waals surface area contributed by atoms with Gasteiger partial charge in [-0.3, -0.25) is 9.79 Å². The molecule has 0 aromatic heterocycles. The van der Waals surface area contributed by atoms with Crippen LogP contribution in [0.4, 0.5) is 0 Å². The van der Waals surface area contributed by atoms with E-state index >= 15 is 0 Å². The van der Waals surface area contributed by atoms with Crippen LogP contribution in [0, 0.1) is 0 Å². The van der Waals surface area contributed by atoms with Crippen LogP contribution < -0.4 is 10.1 Å². The predicted molar refractivity (Wildman–Crippen MR) is 121 cm³/mol. The average Bonchev–Trinajstić information content (AvgIpc) is 3.08. The highest BCUT2D eigenvalue weighted by Crippen LogP contribution is 2.19.